The smallest absolute Gasteiger partial charge is 0.336 e. The van der Waals surface area contributed by atoms with Crippen LogP contribution in [0.2, 0.25) is 0 Å². The third-order valence-corrected chi connectivity index (χ3v) is 6.81. The number of non-ortho nitro benzene ring substituents is 1. The number of nitro groups is 1. The SMILES string of the molecule is C/C=C\N1CCN(CC(C)(C)COC(=O)C2=C(C)NC(C)=C(C(=O)OC)C2c2cccc([N+](=O)[O-])c2)CC1. The molecule has 1 fully saturated rings. The molecule has 3 rings (SSSR count). The van der Waals surface area contributed by atoms with E-state index in [-0.39, 0.29) is 28.9 Å². The van der Waals surface area contributed by atoms with E-state index in [1.165, 1.54) is 25.3 Å². The predicted molar refractivity (Wildman–Crippen MR) is 144 cm³/mol. The van der Waals surface area contributed by atoms with Gasteiger partial charge in [0.1, 0.15) is 0 Å². The third kappa shape index (κ3) is 6.80. The molecule has 2 aliphatic heterocycles. The van der Waals surface area contributed by atoms with E-state index in [2.05, 4.69) is 35.2 Å². The Kier molecular flexibility index (Phi) is 9.32. The quantitative estimate of drug-likeness (QED) is 0.292. The van der Waals surface area contributed by atoms with E-state index < -0.39 is 22.8 Å². The fraction of sp³-hybridized carbons (Fsp3) is 0.500. The molecule has 0 aliphatic carbocycles. The van der Waals surface area contributed by atoms with Crippen molar-refractivity contribution in [1.82, 2.24) is 15.1 Å². The number of nitro benzene ring substituents is 1. The van der Waals surface area contributed by atoms with Crippen molar-refractivity contribution < 1.29 is 24.0 Å². The normalized spacial score (nSPS) is 19.0. The molecular weight excluding hydrogens is 488 g/mol. The van der Waals surface area contributed by atoms with Gasteiger partial charge in [-0.05, 0) is 32.5 Å². The number of benzene rings is 1. The maximum atomic E-state index is 13.6. The average Bonchev–Trinajstić information content (AvgIpc) is 2.87. The molecule has 1 atom stereocenters. The summed E-state index contributed by atoms with van der Waals surface area (Å²) in [5, 5.41) is 14.5. The Morgan fingerprint density at radius 3 is 2.34 bits per heavy atom. The molecular formula is C28H38N4O6. The Labute approximate surface area is 224 Å². The monoisotopic (exact) mass is 526 g/mol. The van der Waals surface area contributed by atoms with Crippen LogP contribution in [0.5, 0.6) is 0 Å². The summed E-state index contributed by atoms with van der Waals surface area (Å²) in [7, 11) is 1.26. The molecule has 0 saturated carbocycles. The third-order valence-electron chi connectivity index (χ3n) is 6.81. The molecule has 0 spiro atoms. The van der Waals surface area contributed by atoms with Crippen LogP contribution in [-0.2, 0) is 19.1 Å². The van der Waals surface area contributed by atoms with Gasteiger partial charge in [0.15, 0.2) is 0 Å². The minimum absolute atomic E-state index is 0.135. The summed E-state index contributed by atoms with van der Waals surface area (Å²) in [4.78, 5) is 42.0. The Balaban J connectivity index is 1.82. The van der Waals surface area contributed by atoms with E-state index >= 15 is 0 Å². The minimum Gasteiger partial charge on any atom is -0.466 e. The molecule has 10 heteroatoms. The van der Waals surface area contributed by atoms with E-state index in [1.807, 2.05) is 13.0 Å². The summed E-state index contributed by atoms with van der Waals surface area (Å²) >= 11 is 0. The average molecular weight is 527 g/mol. The molecule has 0 bridgehead atoms. The van der Waals surface area contributed by atoms with Crippen LogP contribution in [0.4, 0.5) is 5.69 Å². The van der Waals surface area contributed by atoms with Crippen molar-refractivity contribution in [3.8, 4) is 0 Å². The van der Waals surface area contributed by atoms with Gasteiger partial charge in [-0.1, -0.05) is 32.1 Å². The number of dihydropyridines is 1. The van der Waals surface area contributed by atoms with Crippen molar-refractivity contribution in [1.29, 1.82) is 0 Å². The number of nitrogens with one attached hydrogen (secondary N) is 1. The largest absolute Gasteiger partial charge is 0.466 e. The van der Waals surface area contributed by atoms with Crippen molar-refractivity contribution in [3.63, 3.8) is 0 Å². The summed E-state index contributed by atoms with van der Waals surface area (Å²) in [6.45, 7) is 14.3. The molecule has 1 aromatic carbocycles. The topological polar surface area (TPSA) is 114 Å². The van der Waals surface area contributed by atoms with Gasteiger partial charge in [0, 0.05) is 61.7 Å². The number of esters is 2. The van der Waals surface area contributed by atoms with Crippen molar-refractivity contribution in [2.45, 2.75) is 40.5 Å². The van der Waals surface area contributed by atoms with Crippen LogP contribution in [0.15, 0.2) is 59.1 Å². The number of rotatable bonds is 9. The zero-order valence-electron chi connectivity index (χ0n) is 23.1. The summed E-state index contributed by atoms with van der Waals surface area (Å²) in [6.07, 6.45) is 4.15. The number of allylic oxidation sites excluding steroid dienone is 3. The lowest BCUT2D eigenvalue weighted by Gasteiger charge is -2.38. The summed E-state index contributed by atoms with van der Waals surface area (Å²) in [6, 6.07) is 5.95. The number of hydrogen-bond donors (Lipinski definition) is 1. The first-order chi connectivity index (χ1) is 18.0. The molecule has 1 unspecified atom stereocenters. The molecule has 1 saturated heterocycles. The Bertz CT molecular complexity index is 1160. The molecule has 206 valence electrons. The number of methoxy groups -OCH3 is 1. The van der Waals surface area contributed by atoms with Crippen LogP contribution in [-0.4, -0.2) is 73.1 Å². The lowest BCUT2D eigenvalue weighted by Crippen LogP contribution is -2.48. The van der Waals surface area contributed by atoms with Gasteiger partial charge in [-0.15, -0.1) is 0 Å². The highest BCUT2D eigenvalue weighted by molar-refractivity contribution is 5.99. The summed E-state index contributed by atoms with van der Waals surface area (Å²) in [5.74, 6) is -2.08. The van der Waals surface area contributed by atoms with Crippen LogP contribution < -0.4 is 5.32 Å². The molecule has 10 nitrogen and oxygen atoms in total. The van der Waals surface area contributed by atoms with E-state index in [4.69, 9.17) is 9.47 Å². The van der Waals surface area contributed by atoms with E-state index in [0.717, 1.165) is 32.7 Å². The number of piperazine rings is 1. The maximum absolute atomic E-state index is 13.6. The maximum Gasteiger partial charge on any atom is 0.336 e. The van der Waals surface area contributed by atoms with Gasteiger partial charge in [-0.25, -0.2) is 9.59 Å². The molecule has 2 heterocycles. The van der Waals surface area contributed by atoms with Crippen LogP contribution in [0.1, 0.15) is 46.1 Å². The van der Waals surface area contributed by atoms with Crippen molar-refractivity contribution in [2.24, 2.45) is 5.41 Å². The van der Waals surface area contributed by atoms with Gasteiger partial charge < -0.3 is 19.7 Å². The molecule has 0 radical (unpaired) electrons. The van der Waals surface area contributed by atoms with E-state index in [9.17, 15) is 19.7 Å². The highest BCUT2D eigenvalue weighted by atomic mass is 16.6. The van der Waals surface area contributed by atoms with Crippen LogP contribution in [0.25, 0.3) is 0 Å². The second-order valence-electron chi connectivity index (χ2n) is 10.5. The summed E-state index contributed by atoms with van der Waals surface area (Å²) < 4.78 is 10.9. The molecule has 1 N–H and O–H groups in total. The first-order valence-corrected chi connectivity index (χ1v) is 12.7. The second-order valence-corrected chi connectivity index (χ2v) is 10.5. The number of hydrogen-bond acceptors (Lipinski definition) is 9. The van der Waals surface area contributed by atoms with E-state index in [1.54, 1.807) is 19.9 Å². The Morgan fingerprint density at radius 2 is 1.76 bits per heavy atom. The zero-order valence-corrected chi connectivity index (χ0v) is 23.1. The van der Waals surface area contributed by atoms with Crippen LogP contribution in [0.3, 0.4) is 0 Å². The highest BCUT2D eigenvalue weighted by Crippen LogP contribution is 2.40. The minimum atomic E-state index is -0.876. The first-order valence-electron chi connectivity index (χ1n) is 12.7. The fourth-order valence-electron chi connectivity index (χ4n) is 5.07. The number of nitrogens with zero attached hydrogens (tertiary/aromatic N) is 3. The Hall–Kier alpha value is -3.66. The van der Waals surface area contributed by atoms with E-state index in [0.29, 0.717) is 17.0 Å². The van der Waals surface area contributed by atoms with Crippen molar-refractivity contribution in [3.05, 3.63) is 74.8 Å². The van der Waals surface area contributed by atoms with Gasteiger partial charge in [0.2, 0.25) is 0 Å². The predicted octanol–water partition coefficient (Wildman–Crippen LogP) is 3.72. The van der Waals surface area contributed by atoms with Crippen LogP contribution >= 0.6 is 0 Å². The van der Waals surface area contributed by atoms with Crippen LogP contribution in [0, 0.1) is 15.5 Å². The molecule has 1 aromatic rings. The summed E-state index contributed by atoms with van der Waals surface area (Å²) in [5.41, 5.74) is 1.46. The first kappa shape index (κ1) is 28.9. The molecule has 0 amide bonds. The van der Waals surface area contributed by atoms with Crippen molar-refractivity contribution in [2.75, 3.05) is 46.4 Å². The number of carbonyl (C=O) groups is 2. The van der Waals surface area contributed by atoms with Gasteiger partial charge in [-0.2, -0.15) is 0 Å². The fourth-order valence-corrected chi connectivity index (χ4v) is 5.07. The van der Waals surface area contributed by atoms with Gasteiger partial charge in [-0.3, -0.25) is 15.0 Å². The number of ether oxygens (including phenoxy) is 2. The number of carbonyl (C=O) groups excluding carboxylic acids is 2. The van der Waals surface area contributed by atoms with Gasteiger partial charge >= 0.3 is 11.9 Å². The lowest BCUT2D eigenvalue weighted by atomic mass is 9.80. The highest BCUT2D eigenvalue weighted by Gasteiger charge is 2.39. The zero-order chi connectivity index (χ0) is 28.0. The van der Waals surface area contributed by atoms with Crippen molar-refractivity contribution >= 4 is 17.6 Å². The second kappa shape index (κ2) is 12.3. The lowest BCUT2D eigenvalue weighted by molar-refractivity contribution is -0.384. The molecule has 38 heavy (non-hydrogen) atoms. The van der Waals surface area contributed by atoms with Gasteiger partial charge in [0.25, 0.3) is 5.69 Å². The standard InChI is InChI=1S/C28H38N4O6/c1-7-11-30-12-14-31(15-13-30)17-28(4,5)18-38-27(34)24-20(3)29-19(2)23(26(33)37-6)25(24)21-9-8-10-22(16-21)32(35)36/h7-11,16,25,29H,12-15,17-18H2,1-6H3/b11-7-. The Morgan fingerprint density at radius 1 is 1.13 bits per heavy atom. The molecule has 2 aliphatic rings. The molecule has 0 aromatic heterocycles. The van der Waals surface area contributed by atoms with Gasteiger partial charge in [0.05, 0.1) is 35.7 Å².